The second kappa shape index (κ2) is 13.1. The van der Waals surface area contributed by atoms with Crippen LogP contribution in [-0.2, 0) is 10.3 Å². The second-order valence-corrected chi connectivity index (χ2v) is 10.5. The molecule has 1 aliphatic rings. The van der Waals surface area contributed by atoms with Gasteiger partial charge in [-0.3, -0.25) is 5.43 Å². The van der Waals surface area contributed by atoms with Crippen LogP contribution in [0.3, 0.4) is 0 Å². The lowest BCUT2D eigenvalue weighted by Crippen LogP contribution is -2.50. The molecule has 216 valence electrons. The van der Waals surface area contributed by atoms with Gasteiger partial charge in [-0.2, -0.15) is 10.3 Å². The van der Waals surface area contributed by atoms with E-state index in [1.807, 2.05) is 6.92 Å². The number of aliphatic hydroxyl groups is 1. The molecule has 1 aromatic heterocycles. The van der Waals surface area contributed by atoms with Gasteiger partial charge < -0.3 is 20.1 Å². The summed E-state index contributed by atoms with van der Waals surface area (Å²) in [6.07, 6.45) is -0.617. The predicted octanol–water partition coefficient (Wildman–Crippen LogP) is 3.76. The smallest absolute Gasteiger partial charge is 0.383 e. The number of amidine groups is 1. The zero-order valence-electron chi connectivity index (χ0n) is 22.9. The van der Waals surface area contributed by atoms with Crippen molar-refractivity contribution in [1.29, 1.82) is 5.26 Å². The van der Waals surface area contributed by atoms with Crippen LogP contribution >= 0.6 is 11.3 Å². The van der Waals surface area contributed by atoms with E-state index in [1.54, 1.807) is 43.6 Å². The Morgan fingerprint density at radius 2 is 2.10 bits per heavy atom. The predicted molar refractivity (Wildman–Crippen MR) is 151 cm³/mol. The lowest BCUT2D eigenvalue weighted by Gasteiger charge is -2.36. The highest BCUT2D eigenvalue weighted by Gasteiger charge is 2.43. The number of nitrogens with one attached hydrogen (secondary N) is 2. The lowest BCUT2D eigenvalue weighted by molar-refractivity contribution is -0.0285. The summed E-state index contributed by atoms with van der Waals surface area (Å²) in [6.45, 7) is 5.20. The summed E-state index contributed by atoms with van der Waals surface area (Å²) in [5.74, 6) is -2.27. The number of aromatic nitrogens is 1. The van der Waals surface area contributed by atoms with Gasteiger partial charge in [0.05, 0.1) is 28.9 Å². The summed E-state index contributed by atoms with van der Waals surface area (Å²) in [7, 11) is 1.60. The number of carbonyl (C=O) groups excluding carboxylic acids is 1. The van der Waals surface area contributed by atoms with E-state index in [0.717, 1.165) is 30.3 Å². The molecule has 41 heavy (non-hydrogen) atoms. The molecule has 0 saturated carbocycles. The highest BCUT2D eigenvalue weighted by Crippen LogP contribution is 2.41. The Bertz CT molecular complexity index is 1440. The third kappa shape index (κ3) is 7.04. The number of likely N-dealkylation sites (N-methyl/N-ethyl adjacent to an activating group) is 2. The second-order valence-electron chi connectivity index (χ2n) is 9.59. The van der Waals surface area contributed by atoms with Crippen molar-refractivity contribution in [3.05, 3.63) is 75.6 Å². The first-order valence-corrected chi connectivity index (χ1v) is 13.9. The van der Waals surface area contributed by atoms with Gasteiger partial charge in [0.2, 0.25) is 0 Å². The maximum Gasteiger partial charge on any atom is 0.417 e. The van der Waals surface area contributed by atoms with Gasteiger partial charge in [-0.1, -0.05) is 26.0 Å². The van der Waals surface area contributed by atoms with E-state index in [1.165, 1.54) is 21.2 Å². The normalized spacial score (nSPS) is 15.4. The molecule has 10 nitrogen and oxygen atoms in total. The minimum Gasteiger partial charge on any atom is -0.383 e. The van der Waals surface area contributed by atoms with Crippen LogP contribution in [-0.4, -0.2) is 72.0 Å². The topological polar surface area (TPSA) is 126 Å². The molecule has 0 aliphatic carbocycles. The van der Waals surface area contributed by atoms with Crippen LogP contribution in [0.4, 0.5) is 13.6 Å². The quantitative estimate of drug-likeness (QED) is 0.308. The molecule has 13 heteroatoms. The lowest BCUT2D eigenvalue weighted by atomic mass is 9.81. The van der Waals surface area contributed by atoms with Crippen LogP contribution in [0.25, 0.3) is 11.3 Å². The van der Waals surface area contributed by atoms with Crippen molar-refractivity contribution in [1.82, 2.24) is 25.6 Å². The summed E-state index contributed by atoms with van der Waals surface area (Å²) < 4.78 is 34.7. The average molecular weight is 584 g/mol. The number of benzene rings is 2. The van der Waals surface area contributed by atoms with E-state index in [4.69, 9.17) is 10.00 Å². The van der Waals surface area contributed by atoms with Crippen LogP contribution in [0.5, 0.6) is 0 Å². The number of nitrogens with zero attached hydrogens (tertiary/aromatic N) is 5. The maximum absolute atomic E-state index is 15.1. The molecule has 0 bridgehead atoms. The Balaban J connectivity index is 1.53. The van der Waals surface area contributed by atoms with Crippen molar-refractivity contribution in [2.75, 3.05) is 39.9 Å². The Kier molecular flexibility index (Phi) is 9.61. The zero-order chi connectivity index (χ0) is 29.6. The molecule has 3 N–H and O–H groups in total. The number of thiazole rings is 1. The third-order valence-electron chi connectivity index (χ3n) is 6.75. The van der Waals surface area contributed by atoms with Gasteiger partial charge in [-0.25, -0.2) is 23.6 Å². The van der Waals surface area contributed by atoms with Gasteiger partial charge in [0.15, 0.2) is 0 Å². The Labute approximate surface area is 240 Å². The molecule has 3 aromatic rings. The van der Waals surface area contributed by atoms with Crippen molar-refractivity contribution < 1.29 is 23.4 Å². The van der Waals surface area contributed by atoms with Gasteiger partial charge >= 0.3 is 12.1 Å². The summed E-state index contributed by atoms with van der Waals surface area (Å²) in [5, 5.41) is 28.0. The van der Waals surface area contributed by atoms with Crippen LogP contribution < -0.4 is 10.7 Å². The number of aliphatic imine (C=N–C) groups is 1. The first-order valence-electron chi connectivity index (χ1n) is 13.0. The molecule has 0 unspecified atom stereocenters. The average Bonchev–Trinajstić information content (AvgIpc) is 3.64. The van der Waals surface area contributed by atoms with Crippen molar-refractivity contribution in [2.24, 2.45) is 4.99 Å². The van der Waals surface area contributed by atoms with E-state index in [0.29, 0.717) is 29.4 Å². The molecule has 0 radical (unpaired) electrons. The fourth-order valence-corrected chi connectivity index (χ4v) is 5.26. The van der Waals surface area contributed by atoms with E-state index in [-0.39, 0.29) is 24.8 Å². The molecule has 0 fully saturated rings. The van der Waals surface area contributed by atoms with Gasteiger partial charge in [-0.15, -0.1) is 11.3 Å². The fraction of sp³-hybridized carbons (Fsp3) is 0.357. The minimum atomic E-state index is -1.96. The van der Waals surface area contributed by atoms with Crippen molar-refractivity contribution in [3.8, 4) is 17.3 Å². The Morgan fingerprint density at radius 1 is 1.34 bits per heavy atom. The minimum absolute atomic E-state index is 0.00988. The van der Waals surface area contributed by atoms with E-state index in [2.05, 4.69) is 26.8 Å². The number of hydrogen-bond acceptors (Lipinski definition) is 10. The maximum atomic E-state index is 15.1. The summed E-state index contributed by atoms with van der Waals surface area (Å²) >= 11 is 1.27. The number of carbonyl (C=O) groups is 1. The highest BCUT2D eigenvalue weighted by atomic mass is 32.1. The molecule has 1 aliphatic heterocycles. The molecule has 0 spiro atoms. The Hall–Kier alpha value is -3.96. The van der Waals surface area contributed by atoms with Gasteiger partial charge in [-0.05, 0) is 36.9 Å². The number of ether oxygens (including phenoxy) is 1. The number of rotatable bonds is 10. The molecule has 2 heterocycles. The van der Waals surface area contributed by atoms with Crippen LogP contribution in [0.15, 0.2) is 52.8 Å². The van der Waals surface area contributed by atoms with Gasteiger partial charge in [0.1, 0.15) is 23.9 Å². The highest BCUT2D eigenvalue weighted by molar-refractivity contribution is 7.10. The summed E-state index contributed by atoms with van der Waals surface area (Å²) in [6, 6.07) is 11.8. The number of β-amino-alcohol motifs (C(OH)–C–C–N with tert-alkyl or cyclic N) is 1. The summed E-state index contributed by atoms with van der Waals surface area (Å²) in [4.78, 5) is 22.6. The first-order chi connectivity index (χ1) is 19.6. The molecular weight excluding hydrogens is 552 g/mol. The SMILES string of the molecule is CCNCCN(C)C(=O)OC1=NCN(C[C@](O)(c2cc(F)ccc2F)[C@@H](C)c2nc(-c3ccc(C#N)cc3)cs2)N1. The molecule has 4 rings (SSSR count). The number of nitriles is 1. The molecule has 0 saturated heterocycles. The monoisotopic (exact) mass is 583 g/mol. The summed E-state index contributed by atoms with van der Waals surface area (Å²) in [5.41, 5.74) is 2.54. The van der Waals surface area contributed by atoms with Crippen molar-refractivity contribution in [2.45, 2.75) is 25.4 Å². The largest absolute Gasteiger partial charge is 0.417 e. The van der Waals surface area contributed by atoms with E-state index >= 15 is 4.39 Å². The zero-order valence-corrected chi connectivity index (χ0v) is 23.7. The third-order valence-corrected chi connectivity index (χ3v) is 7.78. The van der Waals surface area contributed by atoms with Crippen LogP contribution in [0, 0.1) is 23.0 Å². The first kappa shape index (κ1) is 30.0. The molecule has 2 aromatic carbocycles. The van der Waals surface area contributed by atoms with Crippen molar-refractivity contribution in [3.63, 3.8) is 0 Å². The number of hydrogen-bond donors (Lipinski definition) is 3. The molecular formula is C28H31F2N7O3S. The Morgan fingerprint density at radius 3 is 2.80 bits per heavy atom. The van der Waals surface area contributed by atoms with Crippen LogP contribution in [0.1, 0.15) is 35.9 Å². The van der Waals surface area contributed by atoms with Crippen molar-refractivity contribution >= 4 is 23.5 Å². The fourth-order valence-electron chi connectivity index (χ4n) is 4.29. The molecule has 1 amide bonds. The van der Waals surface area contributed by atoms with Gasteiger partial charge in [0.25, 0.3) is 0 Å². The number of amides is 1. The number of halogens is 2. The number of hydrazine groups is 1. The molecule has 2 atom stereocenters. The standard InChI is InChI=1S/C28H31F2N7O3S/c1-4-32-11-12-36(3)27(38)40-26-33-17-37(35-26)16-28(39,22-13-21(29)9-10-23(22)30)18(2)25-34-24(15-41-25)20-7-5-19(14-31)6-8-20/h5-10,13,15,18,32,39H,4,11-12,16-17H2,1-3H3,(H,33,35)/t18-,28+/m0/s1. The van der Waals surface area contributed by atoms with Crippen LogP contribution in [0.2, 0.25) is 0 Å². The van der Waals surface area contributed by atoms with Gasteiger partial charge in [0, 0.05) is 42.6 Å². The van der Waals surface area contributed by atoms with E-state index < -0.39 is 29.2 Å². The van der Waals surface area contributed by atoms with E-state index in [9.17, 15) is 14.3 Å².